The van der Waals surface area contributed by atoms with Crippen molar-refractivity contribution in [3.8, 4) is 0 Å². The van der Waals surface area contributed by atoms with Crippen LogP contribution in [0.3, 0.4) is 0 Å². The van der Waals surface area contributed by atoms with Gasteiger partial charge in [0, 0.05) is 6.07 Å². The molecule has 39 valence electrons. The minimum atomic E-state index is -0.0741. The average Bonchev–Trinajstić information content (AvgIpc) is 1.94. The second-order valence-electron chi connectivity index (χ2n) is 1.42. The quantitative estimate of drug-likeness (QED) is 0.478. The highest BCUT2D eigenvalue weighted by atomic mass is 16.1. The Bertz CT molecular complexity index is 195. The summed E-state index contributed by atoms with van der Waals surface area (Å²) in [5, 5.41) is 0. The Kier molecular flexibility index (Phi) is 1.42. The molecule has 8 heavy (non-hydrogen) atoms. The maximum absolute atomic E-state index is 10.4. The molecule has 0 N–H and O–H groups in total. The minimum Gasteiger partial charge on any atom is -0.289 e. The third-order valence-corrected chi connectivity index (χ3v) is 0.792. The van der Waals surface area contributed by atoms with Crippen LogP contribution in [0.15, 0.2) is 35.1 Å². The van der Waals surface area contributed by atoms with Crippen LogP contribution in [-0.2, 0) is 0 Å². The van der Waals surface area contributed by atoms with E-state index in [-0.39, 0.29) is 5.43 Å². The summed E-state index contributed by atoms with van der Waals surface area (Å²) in [6, 6.07) is 10.8. The van der Waals surface area contributed by atoms with Gasteiger partial charge in [-0.15, -0.1) is 0 Å². The molecule has 1 heteroatoms. The van der Waals surface area contributed by atoms with E-state index in [0.717, 1.165) is 0 Å². The Balaban J connectivity index is 3.32. The minimum absolute atomic E-state index is 0.0741. The highest BCUT2D eigenvalue weighted by molar-refractivity contribution is 4.98. The highest BCUT2D eigenvalue weighted by Crippen LogP contribution is 1.72. The van der Waals surface area contributed by atoms with Crippen LogP contribution >= 0.6 is 0 Å². The molecule has 1 nitrogen and oxygen atoms in total. The Hall–Kier alpha value is -1.11. The van der Waals surface area contributed by atoms with E-state index < -0.39 is 0 Å². The molecule has 0 aliphatic rings. The highest BCUT2D eigenvalue weighted by Gasteiger charge is 1.70. The summed E-state index contributed by atoms with van der Waals surface area (Å²) in [5.74, 6) is 0. The van der Waals surface area contributed by atoms with Crippen molar-refractivity contribution in [1.82, 2.24) is 0 Å². The van der Waals surface area contributed by atoms with E-state index in [4.69, 9.17) is 0 Å². The van der Waals surface area contributed by atoms with Gasteiger partial charge in [-0.2, -0.15) is 0 Å². The molecule has 0 amide bonds. The van der Waals surface area contributed by atoms with E-state index in [0.29, 0.717) is 0 Å². The predicted octanol–water partition coefficient (Wildman–Crippen LogP) is 0.847. The van der Waals surface area contributed by atoms with Crippen LogP contribution in [0.4, 0.5) is 0 Å². The van der Waals surface area contributed by atoms with Crippen molar-refractivity contribution in [1.29, 1.82) is 0 Å². The lowest BCUT2D eigenvalue weighted by Crippen LogP contribution is -1.88. The lowest BCUT2D eigenvalue weighted by molar-refractivity contribution is 1.66. The molecule has 0 aliphatic heterocycles. The molecule has 0 unspecified atom stereocenters. The molecule has 0 fully saturated rings. The monoisotopic (exact) mass is 105 g/mol. The molecule has 0 atom stereocenters. The molecule has 1 aromatic rings. The predicted molar refractivity (Wildman–Crippen MR) is 31.5 cm³/mol. The first-order valence-electron chi connectivity index (χ1n) is 2.36. The zero-order valence-electron chi connectivity index (χ0n) is 4.29. The van der Waals surface area contributed by atoms with Crippen molar-refractivity contribution >= 4 is 0 Å². The fourth-order valence-electron chi connectivity index (χ4n) is 0.441. The van der Waals surface area contributed by atoms with Gasteiger partial charge in [0.05, 0.1) is 0 Å². The molecule has 0 spiro atoms. The van der Waals surface area contributed by atoms with Gasteiger partial charge in [0.2, 0.25) is 0 Å². The van der Waals surface area contributed by atoms with Crippen molar-refractivity contribution < 1.29 is 0 Å². The first kappa shape index (κ1) is 5.04. The van der Waals surface area contributed by atoms with Crippen LogP contribution in [-0.4, -0.2) is 0 Å². The summed E-state index contributed by atoms with van der Waals surface area (Å²) in [6.45, 7) is 0. The van der Waals surface area contributed by atoms with E-state index >= 15 is 0 Å². The van der Waals surface area contributed by atoms with Crippen molar-refractivity contribution in [2.24, 2.45) is 0 Å². The van der Waals surface area contributed by atoms with Crippen LogP contribution in [0.1, 0.15) is 0 Å². The number of rotatable bonds is 0. The fraction of sp³-hybridized carbons (Fsp3) is 0. The van der Waals surface area contributed by atoms with E-state index in [1.54, 1.807) is 24.3 Å². The first-order valence-corrected chi connectivity index (χ1v) is 2.36. The molecule has 1 radical (unpaired) electrons. The van der Waals surface area contributed by atoms with Gasteiger partial charge in [-0.05, 0) is 6.07 Å². The second-order valence-corrected chi connectivity index (χ2v) is 1.42. The summed E-state index contributed by atoms with van der Waals surface area (Å²) in [5.41, 5.74) is -0.0741. The molecular formula is C7H5O. The fourth-order valence-corrected chi connectivity index (χ4v) is 0.441. The molecule has 0 bridgehead atoms. The lowest BCUT2D eigenvalue weighted by Gasteiger charge is -1.55. The van der Waals surface area contributed by atoms with Crippen molar-refractivity contribution in [2.75, 3.05) is 0 Å². The molecule has 0 saturated heterocycles. The van der Waals surface area contributed by atoms with Gasteiger partial charge < -0.3 is 0 Å². The summed E-state index contributed by atoms with van der Waals surface area (Å²) >= 11 is 0. The number of hydrogen-bond acceptors (Lipinski definition) is 1. The Morgan fingerprint density at radius 1 is 1.25 bits per heavy atom. The summed E-state index contributed by atoms with van der Waals surface area (Å²) in [6.07, 6.45) is 0. The molecule has 1 rings (SSSR count). The summed E-state index contributed by atoms with van der Waals surface area (Å²) in [4.78, 5) is 10.4. The largest absolute Gasteiger partial charge is 0.289 e. The molecular weight excluding hydrogens is 100 g/mol. The normalized spacial score (nSPS) is 8.50. The molecule has 1 aromatic carbocycles. The van der Waals surface area contributed by atoms with Crippen molar-refractivity contribution in [3.63, 3.8) is 0 Å². The van der Waals surface area contributed by atoms with Crippen molar-refractivity contribution in [2.45, 2.75) is 0 Å². The van der Waals surface area contributed by atoms with Crippen LogP contribution < -0.4 is 5.43 Å². The standard InChI is InChI=1S/C7H5O/c8-7-5-3-1-2-4-6-7/h1-5H. The molecule has 0 aliphatic carbocycles. The van der Waals surface area contributed by atoms with Gasteiger partial charge in [0.1, 0.15) is 0 Å². The van der Waals surface area contributed by atoms with Crippen LogP contribution in [0.25, 0.3) is 0 Å². The topological polar surface area (TPSA) is 17.1 Å². The van der Waals surface area contributed by atoms with Gasteiger partial charge in [-0.25, -0.2) is 0 Å². The van der Waals surface area contributed by atoms with Gasteiger partial charge >= 0.3 is 0 Å². The molecule has 0 aromatic heterocycles. The molecule has 0 heterocycles. The van der Waals surface area contributed by atoms with Gasteiger partial charge in [-0.1, -0.05) is 24.3 Å². The SMILES string of the molecule is O=c1[c]ccccc1. The first-order chi connectivity index (χ1) is 3.89. The van der Waals surface area contributed by atoms with Gasteiger partial charge in [0.25, 0.3) is 0 Å². The smallest absolute Gasteiger partial charge is 0.186 e. The van der Waals surface area contributed by atoms with E-state index in [1.807, 2.05) is 0 Å². The maximum atomic E-state index is 10.4. The lowest BCUT2D eigenvalue weighted by atomic mass is 10.5. The number of hydrogen-bond donors (Lipinski definition) is 0. The average molecular weight is 105 g/mol. The van der Waals surface area contributed by atoms with Crippen LogP contribution in [0.2, 0.25) is 0 Å². The van der Waals surface area contributed by atoms with Gasteiger partial charge in [-0.3, -0.25) is 4.79 Å². The maximum Gasteiger partial charge on any atom is 0.186 e. The third-order valence-electron chi connectivity index (χ3n) is 0.792. The Morgan fingerprint density at radius 3 is 3.00 bits per heavy atom. The van der Waals surface area contributed by atoms with Gasteiger partial charge in [0.15, 0.2) is 5.43 Å². The zero-order chi connectivity index (χ0) is 5.82. The van der Waals surface area contributed by atoms with Crippen LogP contribution in [0, 0.1) is 6.07 Å². The van der Waals surface area contributed by atoms with E-state index in [9.17, 15) is 4.79 Å². The Labute approximate surface area is 47.6 Å². The zero-order valence-corrected chi connectivity index (χ0v) is 4.29. The molecule has 0 saturated carbocycles. The Morgan fingerprint density at radius 2 is 2.12 bits per heavy atom. The van der Waals surface area contributed by atoms with E-state index in [2.05, 4.69) is 6.07 Å². The summed E-state index contributed by atoms with van der Waals surface area (Å²) < 4.78 is 0. The van der Waals surface area contributed by atoms with Crippen molar-refractivity contribution in [3.05, 3.63) is 46.6 Å². The second kappa shape index (κ2) is 2.26. The van der Waals surface area contributed by atoms with E-state index in [1.165, 1.54) is 6.07 Å². The summed E-state index contributed by atoms with van der Waals surface area (Å²) in [7, 11) is 0. The van der Waals surface area contributed by atoms with Crippen LogP contribution in [0.5, 0.6) is 0 Å². The third kappa shape index (κ3) is 1.19.